The molecule has 1 aromatic carbocycles. The maximum absolute atomic E-state index is 12.6. The first-order valence-electron chi connectivity index (χ1n) is 7.68. The quantitative estimate of drug-likeness (QED) is 0.739. The van der Waals surface area contributed by atoms with Gasteiger partial charge in [0.2, 0.25) is 5.13 Å². The van der Waals surface area contributed by atoms with Crippen molar-refractivity contribution in [2.75, 3.05) is 31.1 Å². The van der Waals surface area contributed by atoms with Crippen molar-refractivity contribution < 1.29 is 9.32 Å². The van der Waals surface area contributed by atoms with Crippen molar-refractivity contribution in [1.82, 2.24) is 24.4 Å². The van der Waals surface area contributed by atoms with Crippen LogP contribution in [0.5, 0.6) is 0 Å². The zero-order chi connectivity index (χ0) is 17.2. The Balaban J connectivity index is 1.42. The first kappa shape index (κ1) is 15.5. The van der Waals surface area contributed by atoms with Gasteiger partial charge in [-0.1, -0.05) is 17.3 Å². The number of aromatic amines is 1. The smallest absolute Gasteiger partial charge is 0.343 e. The molecule has 128 valence electrons. The highest BCUT2D eigenvalue weighted by Crippen LogP contribution is 2.19. The summed E-state index contributed by atoms with van der Waals surface area (Å²) in [6.45, 7) is 2.74. The number of hydrogen-bond acceptors (Lipinski definition) is 8. The molecule has 0 unspecified atom stereocenters. The molecule has 1 fully saturated rings. The fraction of sp³-hybridized carbons (Fsp3) is 0.267. The van der Waals surface area contributed by atoms with Crippen LogP contribution in [-0.4, -0.2) is 56.5 Å². The summed E-state index contributed by atoms with van der Waals surface area (Å²) in [5.41, 5.74) is 1.28. The topological polar surface area (TPSA) is 108 Å². The van der Waals surface area contributed by atoms with Gasteiger partial charge in [-0.15, -0.1) is 0 Å². The molecule has 3 aromatic rings. The Kier molecular flexibility index (Phi) is 4.02. The van der Waals surface area contributed by atoms with Crippen LogP contribution in [0.4, 0.5) is 5.13 Å². The van der Waals surface area contributed by atoms with Gasteiger partial charge in [0, 0.05) is 48.8 Å². The van der Waals surface area contributed by atoms with Crippen molar-refractivity contribution in [3.63, 3.8) is 0 Å². The fourth-order valence-corrected chi connectivity index (χ4v) is 3.30. The van der Waals surface area contributed by atoms with Gasteiger partial charge in [0.15, 0.2) is 5.82 Å². The van der Waals surface area contributed by atoms with Crippen molar-refractivity contribution >= 4 is 22.6 Å². The van der Waals surface area contributed by atoms with E-state index < -0.39 is 5.76 Å². The number of carbonyl (C=O) groups excluding carboxylic acids is 1. The van der Waals surface area contributed by atoms with Gasteiger partial charge < -0.3 is 9.80 Å². The Labute approximate surface area is 146 Å². The first-order valence-corrected chi connectivity index (χ1v) is 8.45. The molecule has 1 aliphatic heterocycles. The predicted octanol–water partition coefficient (Wildman–Crippen LogP) is 0.844. The Hall–Kier alpha value is -3.01. The lowest BCUT2D eigenvalue weighted by atomic mass is 10.1. The van der Waals surface area contributed by atoms with E-state index >= 15 is 0 Å². The molecule has 2 aromatic heterocycles. The Morgan fingerprint density at radius 1 is 1.16 bits per heavy atom. The van der Waals surface area contributed by atoms with Gasteiger partial charge in [-0.25, -0.2) is 9.78 Å². The van der Waals surface area contributed by atoms with E-state index in [0.29, 0.717) is 30.0 Å². The van der Waals surface area contributed by atoms with E-state index in [9.17, 15) is 9.59 Å². The van der Waals surface area contributed by atoms with E-state index in [1.54, 1.807) is 30.6 Å². The standard InChI is InChI=1S/C15H14N6O3S/c22-13(20-5-7-21(8-6-20)14-16-9-17-25-14)11-3-1-10(2-4-11)12-18-15(23)24-19-12/h1-4,9H,5-8H2,(H,18,19,23). The maximum atomic E-state index is 12.6. The second-order valence-electron chi connectivity index (χ2n) is 5.52. The molecule has 1 saturated heterocycles. The second-order valence-corrected chi connectivity index (χ2v) is 6.28. The molecule has 0 bridgehead atoms. The van der Waals surface area contributed by atoms with Crippen molar-refractivity contribution in [2.45, 2.75) is 0 Å². The van der Waals surface area contributed by atoms with Crippen LogP contribution in [-0.2, 0) is 0 Å². The first-order chi connectivity index (χ1) is 12.2. The third kappa shape index (κ3) is 3.15. The monoisotopic (exact) mass is 358 g/mol. The van der Waals surface area contributed by atoms with Crippen LogP contribution < -0.4 is 10.7 Å². The number of anilines is 1. The second kappa shape index (κ2) is 6.48. The molecule has 0 saturated carbocycles. The lowest BCUT2D eigenvalue weighted by Gasteiger charge is -2.34. The van der Waals surface area contributed by atoms with Gasteiger partial charge >= 0.3 is 5.76 Å². The van der Waals surface area contributed by atoms with Crippen LogP contribution in [0.15, 0.2) is 39.9 Å². The van der Waals surface area contributed by atoms with Crippen LogP contribution in [0, 0.1) is 0 Å². The number of aromatic nitrogens is 4. The molecule has 0 atom stereocenters. The molecular weight excluding hydrogens is 344 g/mol. The number of rotatable bonds is 3. The van der Waals surface area contributed by atoms with Crippen LogP contribution in [0.25, 0.3) is 11.4 Å². The zero-order valence-electron chi connectivity index (χ0n) is 13.1. The Morgan fingerprint density at radius 3 is 2.52 bits per heavy atom. The summed E-state index contributed by atoms with van der Waals surface area (Å²) >= 11 is 1.36. The minimum absolute atomic E-state index is 0.0166. The number of piperazine rings is 1. The van der Waals surface area contributed by atoms with Crippen molar-refractivity contribution in [1.29, 1.82) is 0 Å². The van der Waals surface area contributed by atoms with Gasteiger partial charge in [0.05, 0.1) is 0 Å². The number of nitrogens with zero attached hydrogens (tertiary/aromatic N) is 5. The van der Waals surface area contributed by atoms with E-state index in [1.807, 2.05) is 4.90 Å². The van der Waals surface area contributed by atoms with E-state index in [4.69, 9.17) is 0 Å². The average Bonchev–Trinajstić information content (AvgIpc) is 3.33. The highest BCUT2D eigenvalue weighted by Gasteiger charge is 2.23. The molecule has 0 spiro atoms. The minimum Gasteiger partial charge on any atom is -0.343 e. The summed E-state index contributed by atoms with van der Waals surface area (Å²) in [4.78, 5) is 34.3. The van der Waals surface area contributed by atoms with Crippen LogP contribution in [0.3, 0.4) is 0 Å². The number of carbonyl (C=O) groups is 1. The van der Waals surface area contributed by atoms with E-state index in [1.165, 1.54) is 11.5 Å². The molecule has 0 radical (unpaired) electrons. The van der Waals surface area contributed by atoms with Gasteiger partial charge in [-0.3, -0.25) is 14.3 Å². The molecule has 1 amide bonds. The number of hydrogen-bond donors (Lipinski definition) is 1. The van der Waals surface area contributed by atoms with E-state index in [2.05, 4.69) is 28.9 Å². The maximum Gasteiger partial charge on any atom is 0.439 e. The summed E-state index contributed by atoms with van der Waals surface area (Å²) in [6.07, 6.45) is 1.54. The van der Waals surface area contributed by atoms with Gasteiger partial charge in [-0.2, -0.15) is 4.37 Å². The molecule has 4 rings (SSSR count). The summed E-state index contributed by atoms with van der Waals surface area (Å²) < 4.78 is 8.49. The molecule has 9 nitrogen and oxygen atoms in total. The normalized spacial score (nSPS) is 14.7. The van der Waals surface area contributed by atoms with Crippen molar-refractivity contribution in [3.05, 3.63) is 46.7 Å². The summed E-state index contributed by atoms with van der Waals surface area (Å²) in [7, 11) is 0. The van der Waals surface area contributed by atoms with Crippen LogP contribution in [0.1, 0.15) is 10.4 Å². The van der Waals surface area contributed by atoms with E-state index in [0.717, 1.165) is 18.2 Å². The molecule has 25 heavy (non-hydrogen) atoms. The minimum atomic E-state index is -0.608. The zero-order valence-corrected chi connectivity index (χ0v) is 13.9. The fourth-order valence-electron chi connectivity index (χ4n) is 2.71. The predicted molar refractivity (Wildman–Crippen MR) is 90.6 cm³/mol. The third-order valence-corrected chi connectivity index (χ3v) is 4.76. The number of amides is 1. The van der Waals surface area contributed by atoms with Crippen molar-refractivity contribution in [2.24, 2.45) is 0 Å². The number of benzene rings is 1. The molecule has 1 N–H and O–H groups in total. The number of nitrogens with one attached hydrogen (secondary N) is 1. The lowest BCUT2D eigenvalue weighted by Crippen LogP contribution is -2.48. The van der Waals surface area contributed by atoms with E-state index in [-0.39, 0.29) is 5.91 Å². The molecule has 10 heteroatoms. The average molecular weight is 358 g/mol. The molecule has 0 aliphatic carbocycles. The highest BCUT2D eigenvalue weighted by atomic mass is 32.1. The van der Waals surface area contributed by atoms with Gasteiger partial charge in [0.25, 0.3) is 5.91 Å². The summed E-state index contributed by atoms with van der Waals surface area (Å²) in [5, 5.41) is 4.52. The SMILES string of the molecule is O=C(c1ccc(-c2noc(=O)[nH]2)cc1)N1CCN(c2ncns2)CC1. The van der Waals surface area contributed by atoms with Crippen LogP contribution in [0.2, 0.25) is 0 Å². The largest absolute Gasteiger partial charge is 0.439 e. The van der Waals surface area contributed by atoms with Gasteiger partial charge in [-0.05, 0) is 12.1 Å². The molecule has 1 aliphatic rings. The van der Waals surface area contributed by atoms with Crippen LogP contribution >= 0.6 is 11.5 Å². The lowest BCUT2D eigenvalue weighted by molar-refractivity contribution is 0.0747. The molecular formula is C15H14N6O3S. The Morgan fingerprint density at radius 2 is 1.92 bits per heavy atom. The third-order valence-electron chi connectivity index (χ3n) is 4.03. The molecule has 3 heterocycles. The van der Waals surface area contributed by atoms with Crippen molar-refractivity contribution in [3.8, 4) is 11.4 Å². The Bertz CT molecular complexity index is 909. The summed E-state index contributed by atoms with van der Waals surface area (Å²) in [5.74, 6) is -0.282. The number of H-pyrrole nitrogens is 1. The summed E-state index contributed by atoms with van der Waals surface area (Å²) in [6, 6.07) is 6.92. The highest BCUT2D eigenvalue weighted by molar-refractivity contribution is 7.09. The van der Waals surface area contributed by atoms with Gasteiger partial charge in [0.1, 0.15) is 6.33 Å².